The molecule has 0 spiro atoms. The van der Waals surface area contributed by atoms with Crippen molar-refractivity contribution >= 4 is 12.4 Å². The number of fused-ring (bicyclic) bond motifs is 1. The molecule has 0 fully saturated rings. The van der Waals surface area contributed by atoms with Gasteiger partial charge in [0.25, 0.3) is 0 Å². The van der Waals surface area contributed by atoms with Crippen molar-refractivity contribution in [1.29, 1.82) is 0 Å². The lowest BCUT2D eigenvalue weighted by atomic mass is 9.98. The number of halogens is 1. The molecule has 0 saturated carbocycles. The molecule has 1 aromatic carbocycles. The van der Waals surface area contributed by atoms with Gasteiger partial charge in [-0.3, -0.25) is 0 Å². The molecular weight excluding hydrogens is 266 g/mol. The van der Waals surface area contributed by atoms with Crippen LogP contribution in [-0.2, 0) is 0 Å². The summed E-state index contributed by atoms with van der Waals surface area (Å²) >= 11 is 0. The van der Waals surface area contributed by atoms with Crippen LogP contribution in [0.4, 0.5) is 0 Å². The van der Waals surface area contributed by atoms with Crippen molar-refractivity contribution < 1.29 is 14.6 Å². The van der Waals surface area contributed by atoms with Gasteiger partial charge in [0, 0.05) is 0 Å². The Balaban J connectivity index is 0.00000180. The molecule has 1 aliphatic rings. The Morgan fingerprint density at radius 3 is 2.63 bits per heavy atom. The van der Waals surface area contributed by atoms with E-state index in [1.54, 1.807) is 0 Å². The van der Waals surface area contributed by atoms with E-state index in [-0.39, 0.29) is 18.4 Å². The Morgan fingerprint density at radius 2 is 1.95 bits per heavy atom. The van der Waals surface area contributed by atoms with Gasteiger partial charge in [0.15, 0.2) is 11.5 Å². The minimum atomic E-state index is -0.507. The zero-order valence-electron chi connectivity index (χ0n) is 11.2. The minimum absolute atomic E-state index is 0. The molecule has 0 aliphatic carbocycles. The van der Waals surface area contributed by atoms with Gasteiger partial charge < -0.3 is 20.3 Å². The Bertz CT molecular complexity index is 400. The molecule has 1 aromatic rings. The molecule has 0 bridgehead atoms. The summed E-state index contributed by atoms with van der Waals surface area (Å²) in [6.45, 7) is 3.24. The summed E-state index contributed by atoms with van der Waals surface area (Å²) in [5, 5.41) is 10.0. The maximum Gasteiger partial charge on any atom is 0.161 e. The van der Waals surface area contributed by atoms with Crippen LogP contribution in [0.3, 0.4) is 0 Å². The van der Waals surface area contributed by atoms with Gasteiger partial charge in [0.1, 0.15) is 13.2 Å². The van der Waals surface area contributed by atoms with Crippen LogP contribution in [0.5, 0.6) is 11.5 Å². The number of nitrogens with two attached hydrogens (primary N) is 1. The molecule has 1 aliphatic heterocycles. The molecule has 19 heavy (non-hydrogen) atoms. The van der Waals surface area contributed by atoms with Crippen molar-refractivity contribution in [3.8, 4) is 11.5 Å². The van der Waals surface area contributed by atoms with Crippen LogP contribution in [0.25, 0.3) is 0 Å². The van der Waals surface area contributed by atoms with E-state index in [1.807, 2.05) is 18.2 Å². The highest BCUT2D eigenvalue weighted by atomic mass is 35.5. The predicted molar refractivity (Wildman–Crippen MR) is 77.1 cm³/mol. The van der Waals surface area contributed by atoms with Gasteiger partial charge in [-0.05, 0) is 24.1 Å². The van der Waals surface area contributed by atoms with E-state index in [9.17, 15) is 5.11 Å². The minimum Gasteiger partial charge on any atom is -0.486 e. The van der Waals surface area contributed by atoms with E-state index in [0.717, 1.165) is 36.3 Å². The number of hydrogen-bond acceptors (Lipinski definition) is 4. The number of ether oxygens (including phenoxy) is 2. The van der Waals surface area contributed by atoms with Gasteiger partial charge in [-0.1, -0.05) is 25.8 Å². The van der Waals surface area contributed by atoms with Gasteiger partial charge in [0.05, 0.1) is 12.1 Å². The number of rotatable bonds is 5. The van der Waals surface area contributed by atoms with Crippen LogP contribution in [-0.4, -0.2) is 24.4 Å². The maximum absolute atomic E-state index is 10.0. The topological polar surface area (TPSA) is 64.7 Å². The van der Waals surface area contributed by atoms with E-state index < -0.39 is 6.10 Å². The quantitative estimate of drug-likeness (QED) is 0.873. The van der Waals surface area contributed by atoms with Crippen molar-refractivity contribution in [2.45, 2.75) is 38.3 Å². The second kappa shape index (κ2) is 7.58. The number of aliphatic hydroxyl groups excluding tert-OH is 1. The molecule has 1 heterocycles. The molecule has 0 unspecified atom stereocenters. The Labute approximate surface area is 120 Å². The van der Waals surface area contributed by atoms with E-state index >= 15 is 0 Å². The predicted octanol–water partition coefficient (Wildman–Crippen LogP) is 2.43. The number of hydrogen-bond donors (Lipinski definition) is 2. The summed E-state index contributed by atoms with van der Waals surface area (Å²) in [5.74, 6) is 1.47. The Kier molecular flexibility index (Phi) is 6.42. The van der Waals surface area contributed by atoms with E-state index in [0.29, 0.717) is 13.2 Å². The van der Waals surface area contributed by atoms with Crippen molar-refractivity contribution in [2.75, 3.05) is 13.2 Å². The molecule has 0 radical (unpaired) electrons. The fraction of sp³-hybridized carbons (Fsp3) is 0.571. The molecule has 108 valence electrons. The third-order valence-corrected chi connectivity index (χ3v) is 3.22. The first kappa shape index (κ1) is 16.1. The van der Waals surface area contributed by atoms with E-state index in [2.05, 4.69) is 6.92 Å². The zero-order chi connectivity index (χ0) is 13.0. The maximum atomic E-state index is 10.0. The standard InChI is InChI=1S/C14H21NO3.ClH/c1-2-3-4-11(16)14(15)10-5-6-12-13(9-10)18-8-7-17-12;/h5-6,9,11,14,16H,2-4,7-8,15H2,1H3;1H/t11-,14+;/m0./s1. The second-order valence-corrected chi connectivity index (χ2v) is 4.64. The van der Waals surface area contributed by atoms with Crippen LogP contribution < -0.4 is 15.2 Å². The Morgan fingerprint density at radius 1 is 1.26 bits per heavy atom. The highest BCUT2D eigenvalue weighted by Crippen LogP contribution is 2.33. The summed E-state index contributed by atoms with van der Waals surface area (Å²) in [6, 6.07) is 5.25. The first-order valence-electron chi connectivity index (χ1n) is 6.55. The molecule has 2 atom stereocenters. The van der Waals surface area contributed by atoms with Crippen molar-refractivity contribution in [3.63, 3.8) is 0 Å². The van der Waals surface area contributed by atoms with E-state index in [1.165, 1.54) is 0 Å². The molecular formula is C14H22ClNO3. The summed E-state index contributed by atoms with van der Waals surface area (Å²) in [7, 11) is 0. The highest BCUT2D eigenvalue weighted by Gasteiger charge is 2.19. The normalized spacial score (nSPS) is 16.4. The number of aliphatic hydroxyl groups is 1. The van der Waals surface area contributed by atoms with Crippen LogP contribution in [0, 0.1) is 0 Å². The fourth-order valence-corrected chi connectivity index (χ4v) is 2.08. The van der Waals surface area contributed by atoms with Gasteiger partial charge in [-0.25, -0.2) is 0 Å². The molecule has 5 heteroatoms. The smallest absolute Gasteiger partial charge is 0.161 e. The summed E-state index contributed by atoms with van der Waals surface area (Å²) < 4.78 is 11.0. The summed E-state index contributed by atoms with van der Waals surface area (Å²) in [5.41, 5.74) is 6.96. The number of benzene rings is 1. The van der Waals surface area contributed by atoms with Crippen LogP contribution in [0.1, 0.15) is 37.8 Å². The number of unbranched alkanes of at least 4 members (excludes halogenated alkanes) is 1. The first-order chi connectivity index (χ1) is 8.72. The van der Waals surface area contributed by atoms with Gasteiger partial charge in [0.2, 0.25) is 0 Å². The van der Waals surface area contributed by atoms with Crippen LogP contribution in [0.2, 0.25) is 0 Å². The van der Waals surface area contributed by atoms with Gasteiger partial charge in [-0.15, -0.1) is 12.4 Å². The average Bonchev–Trinajstić information content (AvgIpc) is 2.43. The first-order valence-corrected chi connectivity index (χ1v) is 6.55. The third-order valence-electron chi connectivity index (χ3n) is 3.22. The second-order valence-electron chi connectivity index (χ2n) is 4.64. The lowest BCUT2D eigenvalue weighted by Crippen LogP contribution is -2.26. The van der Waals surface area contributed by atoms with E-state index in [4.69, 9.17) is 15.2 Å². The largest absolute Gasteiger partial charge is 0.486 e. The van der Waals surface area contributed by atoms with Crippen LogP contribution >= 0.6 is 12.4 Å². The summed E-state index contributed by atoms with van der Waals surface area (Å²) in [4.78, 5) is 0. The van der Waals surface area contributed by atoms with Gasteiger partial charge in [-0.2, -0.15) is 0 Å². The molecule has 3 N–H and O–H groups in total. The molecule has 4 nitrogen and oxygen atoms in total. The van der Waals surface area contributed by atoms with Crippen molar-refractivity contribution in [1.82, 2.24) is 0 Å². The van der Waals surface area contributed by atoms with Gasteiger partial charge >= 0.3 is 0 Å². The highest BCUT2D eigenvalue weighted by molar-refractivity contribution is 5.85. The fourth-order valence-electron chi connectivity index (χ4n) is 2.08. The average molecular weight is 288 g/mol. The third kappa shape index (κ3) is 4.00. The van der Waals surface area contributed by atoms with Crippen molar-refractivity contribution in [2.24, 2.45) is 5.73 Å². The SMILES string of the molecule is CCCC[C@H](O)[C@H](N)c1ccc2c(c1)OCCO2.Cl. The zero-order valence-corrected chi connectivity index (χ0v) is 12.0. The monoisotopic (exact) mass is 287 g/mol. The summed E-state index contributed by atoms with van der Waals surface area (Å²) in [6.07, 6.45) is 2.27. The van der Waals surface area contributed by atoms with Crippen LogP contribution in [0.15, 0.2) is 18.2 Å². The lowest BCUT2D eigenvalue weighted by molar-refractivity contribution is 0.131. The molecule has 0 aromatic heterocycles. The molecule has 0 saturated heterocycles. The molecule has 2 rings (SSSR count). The van der Waals surface area contributed by atoms with Crippen molar-refractivity contribution in [3.05, 3.63) is 23.8 Å². The Hall–Kier alpha value is -0.970. The molecule has 0 amide bonds. The lowest BCUT2D eigenvalue weighted by Gasteiger charge is -2.23.